The van der Waals surface area contributed by atoms with Crippen LogP contribution in [0.2, 0.25) is 0 Å². The van der Waals surface area contributed by atoms with Gasteiger partial charge < -0.3 is 15.5 Å². The number of nitrogens with zero attached hydrogens (tertiary/aromatic N) is 2. The van der Waals surface area contributed by atoms with E-state index in [-0.39, 0.29) is 24.1 Å². The average Bonchev–Trinajstić information content (AvgIpc) is 2.88. The molecule has 0 radical (unpaired) electrons. The van der Waals surface area contributed by atoms with Crippen LogP contribution in [-0.2, 0) is 14.6 Å². The van der Waals surface area contributed by atoms with E-state index in [1.54, 1.807) is 0 Å². The number of sulfone groups is 1. The van der Waals surface area contributed by atoms with Gasteiger partial charge in [0.15, 0.2) is 0 Å². The van der Waals surface area contributed by atoms with Crippen molar-refractivity contribution < 1.29 is 13.2 Å². The van der Waals surface area contributed by atoms with Crippen molar-refractivity contribution >= 4 is 15.7 Å². The largest absolute Gasteiger partial charge is 0.337 e. The third-order valence-electron chi connectivity index (χ3n) is 3.95. The third kappa shape index (κ3) is 6.76. The zero-order chi connectivity index (χ0) is 16.0. The highest BCUT2D eigenvalue weighted by Gasteiger charge is 2.29. The van der Waals surface area contributed by atoms with Gasteiger partial charge in [-0.2, -0.15) is 0 Å². The molecule has 1 aliphatic rings. The van der Waals surface area contributed by atoms with Crippen LogP contribution < -0.4 is 5.73 Å². The molecule has 2 N–H and O–H groups in total. The number of amides is 1. The highest BCUT2D eigenvalue weighted by atomic mass is 32.2. The molecule has 0 heterocycles. The van der Waals surface area contributed by atoms with Crippen molar-refractivity contribution in [2.24, 2.45) is 5.73 Å². The Morgan fingerprint density at radius 2 is 1.81 bits per heavy atom. The lowest BCUT2D eigenvalue weighted by Gasteiger charge is -2.32. The number of nitrogens with two attached hydrogens (primary N) is 1. The second-order valence-electron chi connectivity index (χ2n) is 6.30. The van der Waals surface area contributed by atoms with Gasteiger partial charge in [0.2, 0.25) is 5.91 Å². The van der Waals surface area contributed by atoms with Crippen LogP contribution in [0, 0.1) is 0 Å². The Labute approximate surface area is 128 Å². The molecule has 0 bridgehead atoms. The van der Waals surface area contributed by atoms with Crippen LogP contribution in [0.25, 0.3) is 0 Å². The number of carbonyl (C=O) groups excluding carboxylic acids is 1. The SMILES string of the molecule is CN(C)CCN(C(=O)C(N)CCS(C)(=O)=O)C1CCCC1. The van der Waals surface area contributed by atoms with Crippen molar-refractivity contribution in [3.8, 4) is 0 Å². The van der Waals surface area contributed by atoms with E-state index in [1.165, 1.54) is 6.26 Å². The molecule has 1 fully saturated rings. The summed E-state index contributed by atoms with van der Waals surface area (Å²) in [5, 5.41) is 0. The van der Waals surface area contributed by atoms with Gasteiger partial charge in [-0.05, 0) is 33.4 Å². The van der Waals surface area contributed by atoms with Gasteiger partial charge in [0.25, 0.3) is 0 Å². The molecule has 0 aromatic carbocycles. The molecule has 0 spiro atoms. The zero-order valence-corrected chi connectivity index (χ0v) is 14.2. The molecule has 7 heteroatoms. The number of hydrogen-bond acceptors (Lipinski definition) is 5. The van der Waals surface area contributed by atoms with Gasteiger partial charge in [-0.25, -0.2) is 8.42 Å². The summed E-state index contributed by atoms with van der Waals surface area (Å²) in [6.45, 7) is 1.45. The van der Waals surface area contributed by atoms with Crippen molar-refractivity contribution in [1.29, 1.82) is 0 Å². The van der Waals surface area contributed by atoms with Crippen molar-refractivity contribution in [3.05, 3.63) is 0 Å². The Kier molecular flexibility index (Phi) is 7.09. The standard InChI is InChI=1S/C14H29N3O3S/c1-16(2)9-10-17(12-6-4-5-7-12)14(18)13(15)8-11-21(3,19)20/h12-13H,4-11,15H2,1-3H3. The summed E-state index contributed by atoms with van der Waals surface area (Å²) in [6, 6.07) is -0.454. The monoisotopic (exact) mass is 319 g/mol. The lowest BCUT2D eigenvalue weighted by molar-refractivity contribution is -0.135. The van der Waals surface area contributed by atoms with Crippen LogP contribution in [0.4, 0.5) is 0 Å². The maximum absolute atomic E-state index is 12.5. The number of hydrogen-bond donors (Lipinski definition) is 1. The lowest BCUT2D eigenvalue weighted by Crippen LogP contribution is -2.50. The summed E-state index contributed by atoms with van der Waals surface area (Å²) in [5.74, 6) is -0.140. The quantitative estimate of drug-likeness (QED) is 0.685. The van der Waals surface area contributed by atoms with Gasteiger partial charge in [0.1, 0.15) is 9.84 Å². The minimum absolute atomic E-state index is 0.0356. The van der Waals surface area contributed by atoms with E-state index in [2.05, 4.69) is 0 Å². The van der Waals surface area contributed by atoms with Crippen molar-refractivity contribution in [2.45, 2.75) is 44.2 Å². The van der Waals surface area contributed by atoms with Gasteiger partial charge in [-0.1, -0.05) is 12.8 Å². The van der Waals surface area contributed by atoms with E-state index < -0.39 is 15.9 Å². The van der Waals surface area contributed by atoms with Crippen LogP contribution >= 0.6 is 0 Å². The number of carbonyl (C=O) groups is 1. The zero-order valence-electron chi connectivity index (χ0n) is 13.4. The van der Waals surface area contributed by atoms with Gasteiger partial charge in [-0.3, -0.25) is 4.79 Å². The molecule has 0 aromatic rings. The molecular formula is C14H29N3O3S. The smallest absolute Gasteiger partial charge is 0.239 e. The summed E-state index contributed by atoms with van der Waals surface area (Å²) < 4.78 is 22.4. The number of rotatable bonds is 8. The molecule has 0 saturated heterocycles. The fraction of sp³-hybridized carbons (Fsp3) is 0.929. The first kappa shape index (κ1) is 18.4. The van der Waals surface area contributed by atoms with Gasteiger partial charge in [0.05, 0.1) is 11.8 Å². The van der Waals surface area contributed by atoms with E-state index in [0.29, 0.717) is 6.54 Å². The van der Waals surface area contributed by atoms with E-state index in [4.69, 9.17) is 5.73 Å². The fourth-order valence-corrected chi connectivity index (χ4v) is 3.36. The van der Waals surface area contributed by atoms with Crippen molar-refractivity contribution in [1.82, 2.24) is 9.80 Å². The highest BCUT2D eigenvalue weighted by Crippen LogP contribution is 2.24. The molecular weight excluding hydrogens is 290 g/mol. The van der Waals surface area contributed by atoms with Gasteiger partial charge >= 0.3 is 0 Å². The molecule has 0 aromatic heterocycles. The Morgan fingerprint density at radius 1 is 1.24 bits per heavy atom. The lowest BCUT2D eigenvalue weighted by atomic mass is 10.1. The molecule has 21 heavy (non-hydrogen) atoms. The van der Waals surface area contributed by atoms with Gasteiger partial charge in [0, 0.05) is 25.4 Å². The Morgan fingerprint density at radius 3 is 2.29 bits per heavy atom. The minimum Gasteiger partial charge on any atom is -0.337 e. The molecule has 1 saturated carbocycles. The molecule has 1 amide bonds. The molecule has 1 rings (SSSR count). The Bertz CT molecular complexity index is 431. The van der Waals surface area contributed by atoms with Crippen LogP contribution in [0.1, 0.15) is 32.1 Å². The first-order valence-corrected chi connectivity index (χ1v) is 9.65. The van der Waals surface area contributed by atoms with Crippen LogP contribution in [-0.4, -0.2) is 75.4 Å². The van der Waals surface area contributed by atoms with Crippen LogP contribution in [0.3, 0.4) is 0 Å². The van der Waals surface area contributed by atoms with Gasteiger partial charge in [-0.15, -0.1) is 0 Å². The Balaban J connectivity index is 2.64. The summed E-state index contributed by atoms with van der Waals surface area (Å²) in [5.41, 5.74) is 5.93. The second kappa shape index (κ2) is 8.10. The summed E-state index contributed by atoms with van der Waals surface area (Å²) in [7, 11) is 0.864. The second-order valence-corrected chi connectivity index (χ2v) is 8.56. The highest BCUT2D eigenvalue weighted by molar-refractivity contribution is 7.90. The predicted octanol–water partition coefficient (Wildman–Crippen LogP) is 0.0812. The topological polar surface area (TPSA) is 83.7 Å². The summed E-state index contributed by atoms with van der Waals surface area (Å²) in [6.07, 6.45) is 5.72. The van der Waals surface area contributed by atoms with Crippen molar-refractivity contribution in [3.63, 3.8) is 0 Å². The van der Waals surface area contributed by atoms with E-state index in [9.17, 15) is 13.2 Å². The molecule has 6 nitrogen and oxygen atoms in total. The maximum Gasteiger partial charge on any atom is 0.239 e. The molecule has 1 aliphatic carbocycles. The van der Waals surface area contributed by atoms with E-state index in [0.717, 1.165) is 32.2 Å². The van der Waals surface area contributed by atoms with Crippen molar-refractivity contribution in [2.75, 3.05) is 39.2 Å². The van der Waals surface area contributed by atoms with E-state index >= 15 is 0 Å². The summed E-state index contributed by atoms with van der Waals surface area (Å²) >= 11 is 0. The summed E-state index contributed by atoms with van der Waals surface area (Å²) in [4.78, 5) is 16.5. The third-order valence-corrected chi connectivity index (χ3v) is 4.93. The molecule has 0 aliphatic heterocycles. The minimum atomic E-state index is -3.08. The molecule has 1 unspecified atom stereocenters. The first-order valence-electron chi connectivity index (χ1n) is 7.59. The maximum atomic E-state index is 12.5. The first-order chi connectivity index (χ1) is 9.70. The average molecular weight is 319 g/mol. The van der Waals surface area contributed by atoms with Crippen LogP contribution in [0.5, 0.6) is 0 Å². The normalized spacial score (nSPS) is 18.1. The Hall–Kier alpha value is -0.660. The van der Waals surface area contributed by atoms with Crippen LogP contribution in [0.15, 0.2) is 0 Å². The number of likely N-dealkylation sites (N-methyl/N-ethyl adjacent to an activating group) is 1. The molecule has 1 atom stereocenters. The fourth-order valence-electron chi connectivity index (χ4n) is 2.67. The van der Waals surface area contributed by atoms with E-state index in [1.807, 2.05) is 23.9 Å². The molecule has 124 valence electrons. The predicted molar refractivity (Wildman–Crippen MR) is 84.8 cm³/mol.